The minimum atomic E-state index is -0.614. The Morgan fingerprint density at radius 2 is 1.93 bits per heavy atom. The number of imidazole rings is 1. The first kappa shape index (κ1) is 31.5. The number of thioether (sulfide) groups is 1. The highest BCUT2D eigenvalue weighted by Gasteiger charge is 2.21. The molecule has 0 aliphatic rings. The fourth-order valence-corrected chi connectivity index (χ4v) is 4.40. The molecule has 0 unspecified atom stereocenters. The van der Waals surface area contributed by atoms with E-state index in [-0.39, 0.29) is 30.5 Å². The molecular formula is C28H39N7O5S. The molecule has 3 aromatic rings. The van der Waals surface area contributed by atoms with Gasteiger partial charge in [0.25, 0.3) is 5.91 Å². The minimum absolute atomic E-state index is 0.238. The molecule has 1 aromatic carbocycles. The lowest BCUT2D eigenvalue weighted by Crippen LogP contribution is -2.32. The quantitative estimate of drug-likeness (QED) is 0.200. The second-order valence-electron chi connectivity index (χ2n) is 10.2. The number of nitrogens with two attached hydrogens (primary N) is 1. The summed E-state index contributed by atoms with van der Waals surface area (Å²) in [5.74, 6) is 0.609. The largest absolute Gasteiger partial charge is 0.491 e. The van der Waals surface area contributed by atoms with Gasteiger partial charge in [-0.15, -0.1) is 0 Å². The summed E-state index contributed by atoms with van der Waals surface area (Å²) in [4.78, 5) is 42.0. The Hall–Kier alpha value is -4.00. The number of anilines is 1. The maximum absolute atomic E-state index is 13.3. The van der Waals surface area contributed by atoms with Crippen LogP contribution in [0.15, 0.2) is 30.4 Å². The highest BCUT2D eigenvalue weighted by atomic mass is 32.2. The number of benzene rings is 1. The zero-order valence-corrected chi connectivity index (χ0v) is 25.3. The Morgan fingerprint density at radius 3 is 2.59 bits per heavy atom. The summed E-state index contributed by atoms with van der Waals surface area (Å²) in [6.45, 7) is 10.6. The molecule has 2 aromatic heterocycles. The van der Waals surface area contributed by atoms with Crippen molar-refractivity contribution in [1.82, 2.24) is 24.6 Å². The number of nitrogens with one attached hydrogen (secondary N) is 2. The zero-order valence-electron chi connectivity index (χ0n) is 24.4. The van der Waals surface area contributed by atoms with Crippen molar-refractivity contribution >= 4 is 46.7 Å². The Labute approximate surface area is 244 Å². The van der Waals surface area contributed by atoms with Crippen LogP contribution in [-0.2, 0) is 17.8 Å². The number of carbonyl (C=O) groups excluding carboxylic acids is 3. The van der Waals surface area contributed by atoms with Gasteiger partial charge in [0, 0.05) is 25.2 Å². The molecule has 13 heteroatoms. The topological polar surface area (TPSA) is 155 Å². The van der Waals surface area contributed by atoms with Crippen LogP contribution in [0.5, 0.6) is 5.75 Å². The first-order chi connectivity index (χ1) is 19.4. The molecule has 222 valence electrons. The molecule has 4 N–H and O–H groups in total. The molecule has 0 saturated heterocycles. The van der Waals surface area contributed by atoms with E-state index in [0.717, 1.165) is 17.9 Å². The van der Waals surface area contributed by atoms with E-state index in [1.54, 1.807) is 66.1 Å². The van der Waals surface area contributed by atoms with Gasteiger partial charge in [-0.3, -0.25) is 19.6 Å². The van der Waals surface area contributed by atoms with Crippen molar-refractivity contribution in [2.45, 2.75) is 59.7 Å². The molecule has 0 atom stereocenters. The van der Waals surface area contributed by atoms with E-state index in [9.17, 15) is 14.4 Å². The standard InChI is InChI=1S/C28H39N7O5S/c1-7-35-21(15-18(2)33-35)25(37)32-26-31-20-16-19(24(29)36)17-22(39-13-10-14-41-6)23(20)34(26)12-9-8-11-30-27(38)40-28(3,4)5/h8-9,15-17H,7,10-14H2,1-6H3,(H2,29,36)(H,30,38)(H,31,32,37)/b9-8+. The number of allylic oxidation sites excluding steroid dienone is 1. The van der Waals surface area contributed by atoms with Crippen LogP contribution in [0.4, 0.5) is 10.7 Å². The van der Waals surface area contributed by atoms with Gasteiger partial charge < -0.3 is 25.1 Å². The molecule has 0 fully saturated rings. The lowest BCUT2D eigenvalue weighted by molar-refractivity contribution is 0.0533. The molecule has 0 spiro atoms. The average molecular weight is 586 g/mol. The van der Waals surface area contributed by atoms with Gasteiger partial charge in [-0.2, -0.15) is 16.9 Å². The van der Waals surface area contributed by atoms with Crippen LogP contribution in [0.1, 0.15) is 60.7 Å². The summed E-state index contributed by atoms with van der Waals surface area (Å²) >= 11 is 1.71. The van der Waals surface area contributed by atoms with Crippen molar-refractivity contribution < 1.29 is 23.9 Å². The van der Waals surface area contributed by atoms with Crippen molar-refractivity contribution in [1.29, 1.82) is 0 Å². The predicted molar refractivity (Wildman–Crippen MR) is 161 cm³/mol. The third-order valence-corrected chi connectivity index (χ3v) is 6.42. The molecule has 0 aliphatic carbocycles. The zero-order chi connectivity index (χ0) is 30.2. The van der Waals surface area contributed by atoms with Crippen molar-refractivity contribution in [3.63, 3.8) is 0 Å². The van der Waals surface area contributed by atoms with E-state index in [0.29, 0.717) is 35.6 Å². The van der Waals surface area contributed by atoms with Crippen LogP contribution in [-0.4, -0.2) is 68.0 Å². The molecule has 41 heavy (non-hydrogen) atoms. The number of primary amides is 1. The van der Waals surface area contributed by atoms with Crippen molar-refractivity contribution in [2.75, 3.05) is 30.5 Å². The van der Waals surface area contributed by atoms with E-state index in [1.165, 1.54) is 0 Å². The summed E-state index contributed by atoms with van der Waals surface area (Å²) in [6.07, 6.45) is 5.90. The second-order valence-corrected chi connectivity index (χ2v) is 11.2. The third-order valence-electron chi connectivity index (χ3n) is 5.72. The van der Waals surface area contributed by atoms with Crippen molar-refractivity contribution in [3.8, 4) is 5.75 Å². The molecule has 0 saturated carbocycles. The van der Waals surface area contributed by atoms with E-state index < -0.39 is 17.6 Å². The molecule has 0 bridgehead atoms. The minimum Gasteiger partial charge on any atom is -0.491 e. The normalized spacial score (nSPS) is 11.7. The lowest BCUT2D eigenvalue weighted by Gasteiger charge is -2.19. The smallest absolute Gasteiger partial charge is 0.407 e. The summed E-state index contributed by atoms with van der Waals surface area (Å²) in [7, 11) is 0. The highest BCUT2D eigenvalue weighted by Crippen LogP contribution is 2.31. The van der Waals surface area contributed by atoms with Gasteiger partial charge in [0.2, 0.25) is 11.9 Å². The number of rotatable bonds is 13. The number of hydrogen-bond acceptors (Lipinski definition) is 8. The van der Waals surface area contributed by atoms with Crippen LogP contribution in [0.25, 0.3) is 11.0 Å². The van der Waals surface area contributed by atoms with Crippen LogP contribution in [0, 0.1) is 6.92 Å². The number of alkyl carbamates (subject to hydrolysis) is 1. The van der Waals surface area contributed by atoms with Gasteiger partial charge in [0.15, 0.2) is 0 Å². The monoisotopic (exact) mass is 585 g/mol. The van der Waals surface area contributed by atoms with Crippen LogP contribution in [0.2, 0.25) is 0 Å². The van der Waals surface area contributed by atoms with Gasteiger partial charge in [0.1, 0.15) is 22.6 Å². The van der Waals surface area contributed by atoms with E-state index in [4.69, 9.17) is 15.2 Å². The predicted octanol–water partition coefficient (Wildman–Crippen LogP) is 4.13. The Morgan fingerprint density at radius 1 is 1.17 bits per heavy atom. The maximum Gasteiger partial charge on any atom is 0.407 e. The Balaban J connectivity index is 1.97. The molecular weight excluding hydrogens is 546 g/mol. The van der Waals surface area contributed by atoms with Crippen LogP contribution >= 0.6 is 11.8 Å². The molecule has 0 radical (unpaired) electrons. The fourth-order valence-electron chi connectivity index (χ4n) is 4.00. The van der Waals surface area contributed by atoms with Gasteiger partial charge in [-0.05, 0) is 71.2 Å². The number of nitrogens with zero attached hydrogens (tertiary/aromatic N) is 4. The number of aromatic nitrogens is 4. The first-order valence-corrected chi connectivity index (χ1v) is 14.8. The van der Waals surface area contributed by atoms with Crippen LogP contribution < -0.4 is 21.1 Å². The number of carbonyl (C=O) groups is 3. The SMILES string of the molecule is CCn1nc(C)cc1C(=O)Nc1nc2cc(C(N)=O)cc(OCCCSC)c2n1C/C=C/CNC(=O)OC(C)(C)C. The fraction of sp³-hybridized carbons (Fsp3) is 0.464. The maximum atomic E-state index is 13.3. The summed E-state index contributed by atoms with van der Waals surface area (Å²) in [6, 6.07) is 4.88. The number of ether oxygens (including phenoxy) is 2. The van der Waals surface area contributed by atoms with E-state index in [1.807, 2.05) is 26.2 Å². The molecule has 3 amide bonds. The molecule has 3 rings (SSSR count). The highest BCUT2D eigenvalue weighted by molar-refractivity contribution is 7.98. The van der Waals surface area contributed by atoms with Crippen molar-refractivity contribution in [2.24, 2.45) is 5.73 Å². The summed E-state index contributed by atoms with van der Waals surface area (Å²) < 4.78 is 14.8. The van der Waals surface area contributed by atoms with Gasteiger partial charge in [-0.25, -0.2) is 9.78 Å². The molecule has 12 nitrogen and oxygen atoms in total. The number of aryl methyl sites for hydroxylation is 2. The molecule has 2 heterocycles. The number of amides is 3. The average Bonchev–Trinajstić information content (AvgIpc) is 3.44. The second kappa shape index (κ2) is 14.1. The van der Waals surface area contributed by atoms with Gasteiger partial charge >= 0.3 is 6.09 Å². The van der Waals surface area contributed by atoms with E-state index in [2.05, 4.69) is 20.7 Å². The number of fused-ring (bicyclic) bond motifs is 1. The summed E-state index contributed by atoms with van der Waals surface area (Å²) in [5, 5.41) is 9.93. The molecule has 0 aliphatic heterocycles. The van der Waals surface area contributed by atoms with Gasteiger partial charge in [-0.1, -0.05) is 12.2 Å². The van der Waals surface area contributed by atoms with E-state index >= 15 is 0 Å². The first-order valence-electron chi connectivity index (χ1n) is 13.4. The Bertz CT molecular complexity index is 1420. The lowest BCUT2D eigenvalue weighted by atomic mass is 10.1. The van der Waals surface area contributed by atoms with Gasteiger partial charge in [0.05, 0.1) is 17.8 Å². The van der Waals surface area contributed by atoms with Crippen molar-refractivity contribution in [3.05, 3.63) is 47.3 Å². The Kier molecular flexibility index (Phi) is 10.8. The third kappa shape index (κ3) is 8.74. The summed E-state index contributed by atoms with van der Waals surface area (Å²) in [5.41, 5.74) is 7.40. The number of hydrogen-bond donors (Lipinski definition) is 3. The van der Waals surface area contributed by atoms with Crippen LogP contribution in [0.3, 0.4) is 0 Å².